The van der Waals surface area contributed by atoms with Crippen LogP contribution in [0, 0.1) is 0 Å². The molecule has 1 aliphatic rings. The molecule has 3 aromatic carbocycles. The van der Waals surface area contributed by atoms with Gasteiger partial charge >= 0.3 is 10.1 Å². The highest BCUT2D eigenvalue weighted by Gasteiger charge is 2.27. The van der Waals surface area contributed by atoms with Crippen molar-refractivity contribution >= 4 is 16.0 Å². The lowest BCUT2D eigenvalue weighted by Gasteiger charge is -2.33. The first-order chi connectivity index (χ1) is 14.5. The van der Waals surface area contributed by atoms with Crippen molar-refractivity contribution in [3.63, 3.8) is 0 Å². The molecule has 0 N–H and O–H groups in total. The number of hydrogen-bond donors (Lipinski definition) is 0. The van der Waals surface area contributed by atoms with Crippen molar-refractivity contribution in [3.8, 4) is 5.75 Å². The zero-order chi connectivity index (χ0) is 21.0. The van der Waals surface area contributed by atoms with Crippen LogP contribution in [0.1, 0.15) is 17.2 Å². The van der Waals surface area contributed by atoms with E-state index in [-0.39, 0.29) is 29.3 Å². The Hall–Kier alpha value is -3.16. The molecule has 6 nitrogen and oxygen atoms in total. The molecule has 154 valence electrons. The summed E-state index contributed by atoms with van der Waals surface area (Å²) in [6.45, 7) is 0.963. The van der Waals surface area contributed by atoms with E-state index in [9.17, 15) is 13.2 Å². The molecule has 3 aromatic rings. The Kier molecular flexibility index (Phi) is 5.83. The molecule has 7 heteroatoms. The van der Waals surface area contributed by atoms with Gasteiger partial charge in [0, 0.05) is 6.54 Å². The Morgan fingerprint density at radius 1 is 0.900 bits per heavy atom. The summed E-state index contributed by atoms with van der Waals surface area (Å²) in [5.41, 5.74) is 1.91. The minimum absolute atomic E-state index is 0.0120. The Balaban J connectivity index is 1.44. The van der Waals surface area contributed by atoms with E-state index in [0.717, 1.165) is 11.1 Å². The number of nitrogens with zero attached hydrogens (tertiary/aromatic N) is 1. The van der Waals surface area contributed by atoms with Crippen molar-refractivity contribution in [2.75, 3.05) is 13.2 Å². The van der Waals surface area contributed by atoms with E-state index in [2.05, 4.69) is 0 Å². The van der Waals surface area contributed by atoms with E-state index >= 15 is 0 Å². The second-order valence-corrected chi connectivity index (χ2v) is 8.53. The van der Waals surface area contributed by atoms with Gasteiger partial charge in [0.1, 0.15) is 23.4 Å². The van der Waals surface area contributed by atoms with Crippen LogP contribution in [0.3, 0.4) is 0 Å². The Morgan fingerprint density at radius 3 is 2.20 bits per heavy atom. The van der Waals surface area contributed by atoms with Crippen LogP contribution < -0.4 is 4.18 Å². The quantitative estimate of drug-likeness (QED) is 0.567. The van der Waals surface area contributed by atoms with Gasteiger partial charge in [0.2, 0.25) is 5.91 Å². The Morgan fingerprint density at radius 2 is 1.53 bits per heavy atom. The van der Waals surface area contributed by atoms with E-state index in [4.69, 9.17) is 8.92 Å². The van der Waals surface area contributed by atoms with Gasteiger partial charge in [0.05, 0.1) is 6.54 Å². The zero-order valence-electron chi connectivity index (χ0n) is 16.2. The van der Waals surface area contributed by atoms with Crippen LogP contribution in [0.15, 0.2) is 89.8 Å². The second-order valence-electron chi connectivity index (χ2n) is 6.98. The number of carbonyl (C=O) groups is 1. The molecular formula is C23H21NO5S. The molecule has 0 radical (unpaired) electrons. The molecular weight excluding hydrogens is 402 g/mol. The largest absolute Gasteiger partial charge is 0.379 e. The molecule has 4 rings (SSSR count). The van der Waals surface area contributed by atoms with Crippen molar-refractivity contribution in [1.29, 1.82) is 0 Å². The monoisotopic (exact) mass is 423 g/mol. The van der Waals surface area contributed by atoms with Crippen LogP contribution in [0.25, 0.3) is 0 Å². The Labute approximate surface area is 175 Å². The van der Waals surface area contributed by atoms with E-state index in [0.29, 0.717) is 13.1 Å². The zero-order valence-corrected chi connectivity index (χ0v) is 17.0. The van der Waals surface area contributed by atoms with Crippen molar-refractivity contribution in [2.45, 2.75) is 17.5 Å². The summed E-state index contributed by atoms with van der Waals surface area (Å²) < 4.78 is 35.6. The fourth-order valence-corrected chi connectivity index (χ4v) is 4.23. The minimum Gasteiger partial charge on any atom is -0.379 e. The summed E-state index contributed by atoms with van der Waals surface area (Å²) in [5.74, 6) is 0.166. The average Bonchev–Trinajstić information content (AvgIpc) is 2.77. The summed E-state index contributed by atoms with van der Waals surface area (Å²) in [6.07, 6.45) is -0.286. The van der Waals surface area contributed by atoms with Crippen molar-refractivity contribution < 1.29 is 22.1 Å². The third kappa shape index (κ3) is 4.69. The van der Waals surface area contributed by atoms with E-state index in [1.54, 1.807) is 47.4 Å². The highest BCUT2D eigenvalue weighted by Crippen LogP contribution is 2.27. The van der Waals surface area contributed by atoms with Gasteiger partial charge < -0.3 is 13.8 Å². The fraction of sp³-hybridized carbons (Fsp3) is 0.174. The average molecular weight is 423 g/mol. The summed E-state index contributed by atoms with van der Waals surface area (Å²) in [6, 6.07) is 24.5. The van der Waals surface area contributed by atoms with E-state index < -0.39 is 10.1 Å². The van der Waals surface area contributed by atoms with Gasteiger partial charge in [0.15, 0.2) is 0 Å². The molecule has 1 atom stereocenters. The predicted molar refractivity (Wildman–Crippen MR) is 111 cm³/mol. The maximum absolute atomic E-state index is 12.3. The lowest BCUT2D eigenvalue weighted by molar-refractivity contribution is -0.150. The SMILES string of the molecule is O=C1COC(c2ccc(OS(=O)(=O)c3ccccc3)cc2)CN1Cc1ccccc1. The fourth-order valence-electron chi connectivity index (χ4n) is 3.28. The number of rotatable bonds is 6. The highest BCUT2D eigenvalue weighted by atomic mass is 32.2. The van der Waals surface area contributed by atoms with Crippen LogP contribution in [0.5, 0.6) is 5.75 Å². The summed E-state index contributed by atoms with van der Waals surface area (Å²) in [5, 5.41) is 0. The first-order valence-electron chi connectivity index (χ1n) is 9.54. The molecule has 0 aliphatic carbocycles. The molecule has 1 aliphatic heterocycles. The van der Waals surface area contributed by atoms with Gasteiger partial charge in [-0.05, 0) is 35.4 Å². The van der Waals surface area contributed by atoms with Crippen LogP contribution in [0.4, 0.5) is 0 Å². The number of hydrogen-bond acceptors (Lipinski definition) is 5. The third-order valence-corrected chi connectivity index (χ3v) is 6.11. The molecule has 1 amide bonds. The molecule has 0 bridgehead atoms. The molecule has 1 fully saturated rings. The number of carbonyl (C=O) groups excluding carboxylic acids is 1. The molecule has 0 saturated carbocycles. The van der Waals surface area contributed by atoms with E-state index in [1.165, 1.54) is 12.1 Å². The van der Waals surface area contributed by atoms with Gasteiger partial charge in [-0.1, -0.05) is 60.7 Å². The minimum atomic E-state index is -3.89. The molecule has 0 spiro atoms. The summed E-state index contributed by atoms with van der Waals surface area (Å²) >= 11 is 0. The first kappa shape index (κ1) is 20.1. The van der Waals surface area contributed by atoms with Crippen molar-refractivity contribution in [3.05, 3.63) is 96.1 Å². The van der Waals surface area contributed by atoms with Gasteiger partial charge in [0.25, 0.3) is 0 Å². The van der Waals surface area contributed by atoms with Crippen LogP contribution in [-0.4, -0.2) is 32.4 Å². The smallest absolute Gasteiger partial charge is 0.339 e. The lowest BCUT2D eigenvalue weighted by Crippen LogP contribution is -2.42. The maximum Gasteiger partial charge on any atom is 0.339 e. The third-order valence-electron chi connectivity index (χ3n) is 4.85. The molecule has 0 aromatic heterocycles. The number of benzene rings is 3. The van der Waals surface area contributed by atoms with Gasteiger partial charge in [-0.25, -0.2) is 0 Å². The predicted octanol–water partition coefficient (Wildman–Crippen LogP) is 3.55. The normalized spacial score (nSPS) is 17.0. The van der Waals surface area contributed by atoms with Gasteiger partial charge in [-0.3, -0.25) is 4.79 Å². The topological polar surface area (TPSA) is 72.9 Å². The second kappa shape index (κ2) is 8.69. The van der Waals surface area contributed by atoms with Crippen LogP contribution in [0.2, 0.25) is 0 Å². The van der Waals surface area contributed by atoms with E-state index in [1.807, 2.05) is 30.3 Å². The van der Waals surface area contributed by atoms with Crippen molar-refractivity contribution in [2.24, 2.45) is 0 Å². The van der Waals surface area contributed by atoms with Crippen LogP contribution >= 0.6 is 0 Å². The van der Waals surface area contributed by atoms with Gasteiger partial charge in [-0.15, -0.1) is 0 Å². The summed E-state index contributed by atoms with van der Waals surface area (Å²) in [7, 11) is -3.89. The highest BCUT2D eigenvalue weighted by molar-refractivity contribution is 7.87. The molecule has 30 heavy (non-hydrogen) atoms. The standard InChI is InChI=1S/C23H21NO5S/c25-23-17-28-22(16-24(23)15-18-7-3-1-4-8-18)19-11-13-20(14-12-19)29-30(26,27)21-9-5-2-6-10-21/h1-14,22H,15-17H2. The molecule has 1 unspecified atom stereocenters. The van der Waals surface area contributed by atoms with Gasteiger partial charge in [-0.2, -0.15) is 8.42 Å². The molecule has 1 saturated heterocycles. The Bertz CT molecular complexity index is 1100. The summed E-state index contributed by atoms with van der Waals surface area (Å²) in [4.78, 5) is 14.1. The lowest BCUT2D eigenvalue weighted by atomic mass is 10.1. The maximum atomic E-state index is 12.3. The van der Waals surface area contributed by atoms with Crippen molar-refractivity contribution in [1.82, 2.24) is 4.90 Å². The molecule has 1 heterocycles. The van der Waals surface area contributed by atoms with Crippen LogP contribution in [-0.2, 0) is 26.2 Å². The number of amides is 1. The number of ether oxygens (including phenoxy) is 1. The number of morpholine rings is 1. The first-order valence-corrected chi connectivity index (χ1v) is 10.9.